The van der Waals surface area contributed by atoms with Gasteiger partial charge in [-0.1, -0.05) is 11.6 Å². The van der Waals surface area contributed by atoms with E-state index in [1.54, 1.807) is 39.5 Å². The first kappa shape index (κ1) is 38.7. The van der Waals surface area contributed by atoms with Crippen LogP contribution in [0.5, 0.6) is 5.75 Å². The van der Waals surface area contributed by atoms with Crippen molar-refractivity contribution in [3.05, 3.63) is 94.4 Å². The lowest BCUT2D eigenvalue weighted by atomic mass is 10.0. The molecule has 17 heteroatoms. The molecule has 0 bridgehead atoms. The minimum atomic E-state index is -0.753. The summed E-state index contributed by atoms with van der Waals surface area (Å²) in [6.07, 6.45) is 5.88. The number of hydrogen-bond donors (Lipinski definition) is 1. The molecule has 2 aromatic carbocycles. The van der Waals surface area contributed by atoms with Gasteiger partial charge in [0.05, 0.1) is 64.7 Å². The summed E-state index contributed by atoms with van der Waals surface area (Å²) in [6, 6.07) is 7.61. The predicted molar refractivity (Wildman–Crippen MR) is 212 cm³/mol. The Morgan fingerprint density at radius 2 is 1.36 bits per heavy atom. The largest absolute Gasteiger partial charge is 0.495 e. The van der Waals surface area contributed by atoms with Crippen LogP contribution in [0.1, 0.15) is 24.0 Å². The fraction of sp³-hybridized carbons (Fsp3) is 0.268. The van der Waals surface area contributed by atoms with E-state index in [2.05, 4.69) is 25.2 Å². The number of halogens is 5. The third-order valence-electron chi connectivity index (χ3n) is 10.3. The van der Waals surface area contributed by atoms with Gasteiger partial charge in [-0.05, 0) is 19.9 Å². The number of aromatic nitrogens is 4. The number of methoxy groups -OCH3 is 1. The highest BCUT2D eigenvalue weighted by Gasteiger charge is 2.31. The Labute approximate surface area is 334 Å². The Morgan fingerprint density at radius 3 is 1.95 bits per heavy atom. The number of carbonyl (C=O) groups is 2. The van der Waals surface area contributed by atoms with E-state index in [1.807, 2.05) is 12.1 Å². The zero-order chi connectivity index (χ0) is 40.8. The molecule has 3 saturated heterocycles. The second-order valence-electron chi connectivity index (χ2n) is 13.9. The molecule has 0 unspecified atom stereocenters. The molecule has 0 saturated carbocycles. The van der Waals surface area contributed by atoms with Crippen molar-refractivity contribution < 1.29 is 36.6 Å². The van der Waals surface area contributed by atoms with Gasteiger partial charge >= 0.3 is 0 Å². The van der Waals surface area contributed by atoms with E-state index < -0.39 is 23.3 Å². The van der Waals surface area contributed by atoms with Gasteiger partial charge in [0.15, 0.2) is 0 Å². The third kappa shape index (κ3) is 7.17. The zero-order valence-electron chi connectivity index (χ0n) is 31.5. The number of anilines is 5. The van der Waals surface area contributed by atoms with Crippen molar-refractivity contribution in [1.82, 2.24) is 19.9 Å². The van der Waals surface area contributed by atoms with Crippen molar-refractivity contribution in [2.45, 2.75) is 26.7 Å². The van der Waals surface area contributed by atoms with E-state index in [9.17, 15) is 22.8 Å². The van der Waals surface area contributed by atoms with Crippen LogP contribution in [0.25, 0.3) is 32.9 Å². The standard InChI is InChI=1S/C28H26F2N6O3.C13H9ClF2N2O/c1-16-27(26-21(30)10-18(29)11-23(26)34-28(16)36-4-3-25(36)37)33-22-12-24(35-5-7-39-8-6-35)32-15-20(22)17-9-19(38-2)14-31-13-17;1-6-12(14)11-8(16)4-7(15)5-9(11)17-13(6)18-3-2-10(18)19/h9-15H,3-8H2,1-2H3,(H,32,33,34);4-5H,2-3H2,1H3. The van der Waals surface area contributed by atoms with Crippen molar-refractivity contribution in [2.24, 2.45) is 0 Å². The topological polar surface area (TPSA) is 126 Å². The van der Waals surface area contributed by atoms with Gasteiger partial charge in [-0.15, -0.1) is 0 Å². The van der Waals surface area contributed by atoms with Gasteiger partial charge in [-0.3, -0.25) is 24.4 Å². The number of hydrogen-bond acceptors (Lipinski definition) is 10. The number of amides is 2. The fourth-order valence-electron chi connectivity index (χ4n) is 7.06. The Bertz CT molecular complexity index is 2650. The van der Waals surface area contributed by atoms with Gasteiger partial charge in [0.1, 0.15) is 46.5 Å². The lowest BCUT2D eigenvalue weighted by Crippen LogP contribution is -2.44. The van der Waals surface area contributed by atoms with Crippen LogP contribution >= 0.6 is 11.6 Å². The van der Waals surface area contributed by atoms with Crippen LogP contribution < -0.4 is 24.8 Å². The first-order valence-corrected chi connectivity index (χ1v) is 18.7. The second kappa shape index (κ2) is 15.7. The van der Waals surface area contributed by atoms with Crippen LogP contribution in [-0.4, -0.2) is 78.3 Å². The SMILES string of the molecule is COc1cncc(-c2cnc(N3CCOCC3)cc2Nc2c(C)c(N3CCC3=O)nc3cc(F)cc(F)c23)c1.Cc1c(N2CCC2=O)nc2cc(F)cc(F)c2c1Cl. The number of pyridine rings is 4. The molecule has 0 atom stereocenters. The summed E-state index contributed by atoms with van der Waals surface area (Å²) in [5, 5.41) is 3.79. The normalized spacial score (nSPS) is 15.3. The minimum absolute atomic E-state index is 0.0668. The highest BCUT2D eigenvalue weighted by atomic mass is 35.5. The minimum Gasteiger partial charge on any atom is -0.495 e. The summed E-state index contributed by atoms with van der Waals surface area (Å²) in [6.45, 7) is 7.01. The molecular formula is C41H35ClF4N8O4. The summed E-state index contributed by atoms with van der Waals surface area (Å²) in [5.74, 6) is -1.09. The Hall–Kier alpha value is -6.13. The molecule has 3 fully saturated rings. The molecule has 1 N–H and O–H groups in total. The number of β-lactam (4-membered cyclic amide) rings is 2. The second-order valence-corrected chi connectivity index (χ2v) is 14.3. The number of morpholine rings is 1. The van der Waals surface area contributed by atoms with Gasteiger partial charge in [-0.25, -0.2) is 32.5 Å². The van der Waals surface area contributed by atoms with Gasteiger partial charge in [0, 0.05) is 104 Å². The van der Waals surface area contributed by atoms with E-state index >= 15 is 4.39 Å². The molecule has 0 aliphatic carbocycles. The fourth-order valence-corrected chi connectivity index (χ4v) is 7.33. The molecule has 3 aliphatic rings. The maximum atomic E-state index is 15.3. The number of nitrogens with one attached hydrogen (secondary N) is 1. The van der Waals surface area contributed by atoms with E-state index in [0.717, 1.165) is 29.6 Å². The quantitative estimate of drug-likeness (QED) is 0.126. The molecule has 7 heterocycles. The van der Waals surface area contributed by atoms with Crippen LogP contribution in [-0.2, 0) is 14.3 Å². The molecule has 6 aromatic rings. The molecule has 9 rings (SSSR count). The Balaban J connectivity index is 0.000000206. The first-order chi connectivity index (χ1) is 27.9. The summed E-state index contributed by atoms with van der Waals surface area (Å²) >= 11 is 6.12. The highest BCUT2D eigenvalue weighted by Crippen LogP contribution is 2.41. The first-order valence-electron chi connectivity index (χ1n) is 18.4. The average Bonchev–Trinajstić information content (AvgIpc) is 3.20. The zero-order valence-corrected chi connectivity index (χ0v) is 32.3. The lowest BCUT2D eigenvalue weighted by Gasteiger charge is -2.32. The lowest BCUT2D eigenvalue weighted by molar-refractivity contribution is -0.122. The van der Waals surface area contributed by atoms with Crippen molar-refractivity contribution in [3.63, 3.8) is 0 Å². The Kier molecular flexibility index (Phi) is 10.5. The third-order valence-corrected chi connectivity index (χ3v) is 10.8. The molecule has 0 spiro atoms. The van der Waals surface area contributed by atoms with E-state index in [1.165, 1.54) is 15.9 Å². The maximum absolute atomic E-state index is 15.3. The molecular weight excluding hydrogens is 780 g/mol. The smallest absolute Gasteiger partial charge is 0.229 e. The van der Waals surface area contributed by atoms with Crippen molar-refractivity contribution >= 4 is 74.0 Å². The molecule has 3 aliphatic heterocycles. The number of ether oxygens (including phenoxy) is 2. The van der Waals surface area contributed by atoms with Gasteiger partial charge < -0.3 is 19.7 Å². The summed E-state index contributed by atoms with van der Waals surface area (Å²) in [5.41, 5.74) is 3.77. The molecule has 298 valence electrons. The molecule has 0 radical (unpaired) electrons. The number of rotatable bonds is 7. The monoisotopic (exact) mass is 814 g/mol. The van der Waals surface area contributed by atoms with Crippen LogP contribution in [0.15, 0.2) is 55.0 Å². The molecule has 4 aromatic heterocycles. The molecule has 12 nitrogen and oxygen atoms in total. The predicted octanol–water partition coefficient (Wildman–Crippen LogP) is 7.82. The summed E-state index contributed by atoms with van der Waals surface area (Å²) in [4.78, 5) is 46.5. The number of fused-ring (bicyclic) bond motifs is 2. The van der Waals surface area contributed by atoms with Crippen molar-refractivity contribution in [3.8, 4) is 16.9 Å². The highest BCUT2D eigenvalue weighted by molar-refractivity contribution is 6.36. The van der Waals surface area contributed by atoms with Gasteiger partial charge in [-0.2, -0.15) is 0 Å². The van der Waals surface area contributed by atoms with E-state index in [-0.39, 0.29) is 38.6 Å². The molecule has 58 heavy (non-hydrogen) atoms. The molecule has 2 amide bonds. The van der Waals surface area contributed by atoms with Gasteiger partial charge in [0.25, 0.3) is 0 Å². The van der Waals surface area contributed by atoms with Crippen LogP contribution in [0, 0.1) is 37.1 Å². The summed E-state index contributed by atoms with van der Waals surface area (Å²) < 4.78 is 67.4. The van der Waals surface area contributed by atoms with E-state index in [0.29, 0.717) is 97.7 Å². The van der Waals surface area contributed by atoms with Crippen LogP contribution in [0.3, 0.4) is 0 Å². The Morgan fingerprint density at radius 1 is 0.759 bits per heavy atom. The average molecular weight is 815 g/mol. The van der Waals surface area contributed by atoms with Crippen molar-refractivity contribution in [1.29, 1.82) is 0 Å². The van der Waals surface area contributed by atoms with E-state index in [4.69, 9.17) is 26.1 Å². The van der Waals surface area contributed by atoms with Crippen molar-refractivity contribution in [2.75, 3.05) is 66.5 Å². The van der Waals surface area contributed by atoms with Crippen LogP contribution in [0.4, 0.5) is 46.4 Å². The number of carbonyl (C=O) groups excluding carboxylic acids is 2. The maximum Gasteiger partial charge on any atom is 0.229 e. The van der Waals surface area contributed by atoms with Gasteiger partial charge in [0.2, 0.25) is 11.8 Å². The number of nitrogens with zero attached hydrogens (tertiary/aromatic N) is 7. The summed E-state index contributed by atoms with van der Waals surface area (Å²) in [7, 11) is 1.56. The van der Waals surface area contributed by atoms with Crippen LogP contribution in [0.2, 0.25) is 5.02 Å². The number of benzene rings is 2.